The molecule has 1 unspecified atom stereocenters. The second kappa shape index (κ2) is 2.31. The normalized spacial score (nSPS) is 21.8. The Kier molecular flexibility index (Phi) is 1.43. The number of rotatable bonds is 0. The fourth-order valence-electron chi connectivity index (χ4n) is 1.39. The fraction of sp³-hybridized carbons (Fsp3) is 0.444. The molecule has 0 saturated heterocycles. The zero-order chi connectivity index (χ0) is 7.84. The van der Waals surface area contributed by atoms with Crippen LogP contribution >= 0.6 is 0 Å². The van der Waals surface area contributed by atoms with Crippen LogP contribution in [0.4, 0.5) is 0 Å². The monoisotopic (exact) mass is 149 g/mol. The molecule has 0 saturated carbocycles. The highest BCUT2D eigenvalue weighted by molar-refractivity contribution is 5.28. The summed E-state index contributed by atoms with van der Waals surface area (Å²) in [7, 11) is 0. The molecule has 2 rings (SSSR count). The number of pyridine rings is 1. The third-order valence-corrected chi connectivity index (χ3v) is 2.05. The van der Waals surface area contributed by atoms with Crippen molar-refractivity contribution in [2.45, 2.75) is 26.6 Å². The van der Waals surface area contributed by atoms with Gasteiger partial charge in [-0.25, -0.2) is 0 Å². The average Bonchev–Trinajstić information content (AvgIpc) is 2.33. The molecule has 0 spiro atoms. The standard InChI is InChI=1S/C9H11NO/c1-6-3-8-7(2)11-5-9(8)10-4-6/h3-4,7H,5H2,1-2H3. The Labute approximate surface area is 66.2 Å². The van der Waals surface area contributed by atoms with Gasteiger partial charge in [0.2, 0.25) is 0 Å². The summed E-state index contributed by atoms with van der Waals surface area (Å²) in [5.74, 6) is 0. The molecule has 2 heteroatoms. The topological polar surface area (TPSA) is 22.1 Å². The van der Waals surface area contributed by atoms with E-state index in [1.807, 2.05) is 6.20 Å². The van der Waals surface area contributed by atoms with Gasteiger partial charge in [-0.3, -0.25) is 4.98 Å². The van der Waals surface area contributed by atoms with Crippen LogP contribution in [0, 0.1) is 6.92 Å². The lowest BCUT2D eigenvalue weighted by atomic mass is 10.1. The Hall–Kier alpha value is -0.890. The molecule has 1 atom stereocenters. The van der Waals surface area contributed by atoms with Crippen LogP contribution in [0.15, 0.2) is 12.3 Å². The zero-order valence-electron chi connectivity index (χ0n) is 6.79. The highest BCUT2D eigenvalue weighted by atomic mass is 16.5. The molecule has 0 aromatic carbocycles. The molecule has 0 N–H and O–H groups in total. The van der Waals surface area contributed by atoms with Gasteiger partial charge in [-0.1, -0.05) is 6.07 Å². The number of aryl methyl sites for hydroxylation is 1. The van der Waals surface area contributed by atoms with Gasteiger partial charge in [0, 0.05) is 11.8 Å². The minimum Gasteiger partial charge on any atom is -0.367 e. The summed E-state index contributed by atoms with van der Waals surface area (Å²) in [5, 5.41) is 0. The van der Waals surface area contributed by atoms with Crippen molar-refractivity contribution in [3.05, 3.63) is 29.1 Å². The van der Waals surface area contributed by atoms with Gasteiger partial charge in [-0.15, -0.1) is 0 Å². The largest absolute Gasteiger partial charge is 0.367 e. The summed E-state index contributed by atoms with van der Waals surface area (Å²) < 4.78 is 5.42. The number of fused-ring (bicyclic) bond motifs is 1. The van der Waals surface area contributed by atoms with E-state index < -0.39 is 0 Å². The maximum atomic E-state index is 5.42. The van der Waals surface area contributed by atoms with Crippen LogP contribution in [0.1, 0.15) is 29.8 Å². The molecule has 0 aliphatic carbocycles. The van der Waals surface area contributed by atoms with Gasteiger partial charge < -0.3 is 4.74 Å². The minimum atomic E-state index is 0.234. The summed E-state index contributed by atoms with van der Waals surface area (Å²) >= 11 is 0. The van der Waals surface area contributed by atoms with Crippen molar-refractivity contribution in [3.63, 3.8) is 0 Å². The smallest absolute Gasteiger partial charge is 0.0899 e. The van der Waals surface area contributed by atoms with Crippen LogP contribution in [0.2, 0.25) is 0 Å². The second-order valence-corrected chi connectivity index (χ2v) is 3.00. The highest BCUT2D eigenvalue weighted by Crippen LogP contribution is 2.28. The molecule has 0 fully saturated rings. The molecular formula is C9H11NO. The SMILES string of the molecule is Cc1cnc2c(c1)C(C)OC2. The van der Waals surface area contributed by atoms with Gasteiger partial charge in [0.25, 0.3) is 0 Å². The summed E-state index contributed by atoms with van der Waals surface area (Å²) in [5.41, 5.74) is 3.56. The molecule has 1 aromatic rings. The predicted octanol–water partition coefficient (Wildman–Crippen LogP) is 1.98. The van der Waals surface area contributed by atoms with E-state index in [9.17, 15) is 0 Å². The Bertz CT molecular complexity index is 283. The lowest BCUT2D eigenvalue weighted by Gasteiger charge is -2.02. The minimum absolute atomic E-state index is 0.234. The molecular weight excluding hydrogens is 138 g/mol. The van der Waals surface area contributed by atoms with E-state index in [0.29, 0.717) is 6.61 Å². The summed E-state index contributed by atoms with van der Waals surface area (Å²) in [6, 6.07) is 2.15. The van der Waals surface area contributed by atoms with Gasteiger partial charge in [0.15, 0.2) is 0 Å². The van der Waals surface area contributed by atoms with Gasteiger partial charge in [0.05, 0.1) is 18.4 Å². The Morgan fingerprint density at radius 3 is 3.27 bits per heavy atom. The first-order chi connectivity index (χ1) is 5.27. The van der Waals surface area contributed by atoms with Crippen LogP contribution < -0.4 is 0 Å². The highest BCUT2D eigenvalue weighted by Gasteiger charge is 2.19. The van der Waals surface area contributed by atoms with Gasteiger partial charge in [-0.05, 0) is 19.4 Å². The molecule has 2 heterocycles. The van der Waals surface area contributed by atoms with Crippen LogP contribution in [-0.2, 0) is 11.3 Å². The molecule has 1 aliphatic rings. The molecule has 0 amide bonds. The Morgan fingerprint density at radius 1 is 1.64 bits per heavy atom. The number of hydrogen-bond acceptors (Lipinski definition) is 2. The quantitative estimate of drug-likeness (QED) is 0.562. The molecule has 11 heavy (non-hydrogen) atoms. The van der Waals surface area contributed by atoms with E-state index in [1.165, 1.54) is 11.1 Å². The molecule has 1 aromatic heterocycles. The molecule has 0 bridgehead atoms. The van der Waals surface area contributed by atoms with Crippen molar-refractivity contribution in [2.24, 2.45) is 0 Å². The van der Waals surface area contributed by atoms with E-state index in [4.69, 9.17) is 4.74 Å². The van der Waals surface area contributed by atoms with Gasteiger partial charge in [0.1, 0.15) is 0 Å². The summed E-state index contributed by atoms with van der Waals surface area (Å²) in [6.45, 7) is 4.79. The molecule has 0 radical (unpaired) electrons. The number of ether oxygens (including phenoxy) is 1. The number of hydrogen-bond donors (Lipinski definition) is 0. The maximum absolute atomic E-state index is 5.42. The van der Waals surface area contributed by atoms with E-state index in [1.54, 1.807) is 0 Å². The van der Waals surface area contributed by atoms with Gasteiger partial charge in [-0.2, -0.15) is 0 Å². The zero-order valence-corrected chi connectivity index (χ0v) is 6.79. The molecule has 2 nitrogen and oxygen atoms in total. The van der Waals surface area contributed by atoms with Crippen LogP contribution in [0.25, 0.3) is 0 Å². The predicted molar refractivity (Wildman–Crippen MR) is 42.2 cm³/mol. The van der Waals surface area contributed by atoms with E-state index in [2.05, 4.69) is 24.9 Å². The average molecular weight is 149 g/mol. The van der Waals surface area contributed by atoms with E-state index >= 15 is 0 Å². The Morgan fingerprint density at radius 2 is 2.45 bits per heavy atom. The molecule has 58 valence electrons. The number of aromatic nitrogens is 1. The van der Waals surface area contributed by atoms with Crippen LogP contribution in [0.5, 0.6) is 0 Å². The first-order valence-corrected chi connectivity index (χ1v) is 3.84. The van der Waals surface area contributed by atoms with Crippen molar-refractivity contribution in [1.82, 2.24) is 4.98 Å². The summed E-state index contributed by atoms with van der Waals surface area (Å²) in [6.07, 6.45) is 2.12. The Balaban J connectivity index is 2.52. The van der Waals surface area contributed by atoms with Crippen molar-refractivity contribution >= 4 is 0 Å². The van der Waals surface area contributed by atoms with Crippen LogP contribution in [-0.4, -0.2) is 4.98 Å². The fourth-order valence-corrected chi connectivity index (χ4v) is 1.39. The lowest BCUT2D eigenvalue weighted by Crippen LogP contribution is -1.90. The number of nitrogens with zero attached hydrogens (tertiary/aromatic N) is 1. The van der Waals surface area contributed by atoms with Crippen molar-refractivity contribution < 1.29 is 4.74 Å². The maximum Gasteiger partial charge on any atom is 0.0899 e. The van der Waals surface area contributed by atoms with Crippen molar-refractivity contribution in [2.75, 3.05) is 0 Å². The second-order valence-electron chi connectivity index (χ2n) is 3.00. The van der Waals surface area contributed by atoms with E-state index in [-0.39, 0.29) is 6.10 Å². The van der Waals surface area contributed by atoms with E-state index in [0.717, 1.165) is 5.69 Å². The summed E-state index contributed by atoms with van der Waals surface area (Å²) in [4.78, 5) is 4.28. The third-order valence-electron chi connectivity index (χ3n) is 2.05. The lowest BCUT2D eigenvalue weighted by molar-refractivity contribution is 0.0787. The van der Waals surface area contributed by atoms with Crippen molar-refractivity contribution in [1.29, 1.82) is 0 Å². The first-order valence-electron chi connectivity index (χ1n) is 3.84. The third kappa shape index (κ3) is 1.03. The van der Waals surface area contributed by atoms with Crippen molar-refractivity contribution in [3.8, 4) is 0 Å². The van der Waals surface area contributed by atoms with Gasteiger partial charge >= 0.3 is 0 Å². The van der Waals surface area contributed by atoms with Crippen LogP contribution in [0.3, 0.4) is 0 Å². The first kappa shape index (κ1) is 6.80. The molecule has 1 aliphatic heterocycles.